The summed E-state index contributed by atoms with van der Waals surface area (Å²) in [4.78, 5) is 2.55. The van der Waals surface area contributed by atoms with Crippen molar-refractivity contribution in [2.24, 2.45) is 0 Å². The first-order valence-corrected chi connectivity index (χ1v) is 8.35. The van der Waals surface area contributed by atoms with Crippen LogP contribution in [0.15, 0.2) is 0 Å². The van der Waals surface area contributed by atoms with Crippen LogP contribution >= 0.6 is 15.9 Å². The number of hydrogen-bond donors (Lipinski definition) is 0. The summed E-state index contributed by atoms with van der Waals surface area (Å²) < 4.78 is 5.54. The molecule has 0 radical (unpaired) electrons. The van der Waals surface area contributed by atoms with Gasteiger partial charge in [-0.25, -0.2) is 0 Å². The molecule has 1 atom stereocenters. The molecule has 0 aromatic heterocycles. The third kappa shape index (κ3) is 8.17. The van der Waals surface area contributed by atoms with Gasteiger partial charge in [-0.05, 0) is 26.3 Å². The Balaban J connectivity index is 1.83. The molecule has 17 heavy (non-hydrogen) atoms. The van der Waals surface area contributed by atoms with Crippen molar-refractivity contribution in [1.82, 2.24) is 4.90 Å². The van der Waals surface area contributed by atoms with Crippen LogP contribution in [0.1, 0.15) is 51.9 Å². The van der Waals surface area contributed by atoms with Crippen LogP contribution in [0.2, 0.25) is 0 Å². The lowest BCUT2D eigenvalue weighted by atomic mass is 10.1. The zero-order valence-electron chi connectivity index (χ0n) is 11.3. The second-order valence-corrected chi connectivity index (χ2v) is 5.94. The van der Waals surface area contributed by atoms with Gasteiger partial charge in [0.05, 0.1) is 12.7 Å². The van der Waals surface area contributed by atoms with Gasteiger partial charge in [0, 0.05) is 18.4 Å². The van der Waals surface area contributed by atoms with Gasteiger partial charge in [0.1, 0.15) is 0 Å². The molecule has 2 nitrogen and oxygen atoms in total. The highest BCUT2D eigenvalue weighted by Gasteiger charge is 2.15. The third-order valence-electron chi connectivity index (χ3n) is 3.43. The van der Waals surface area contributed by atoms with Gasteiger partial charge in [0.2, 0.25) is 0 Å². The number of morpholine rings is 1. The maximum atomic E-state index is 5.54. The summed E-state index contributed by atoms with van der Waals surface area (Å²) in [6.07, 6.45) is 10.2. The lowest BCUT2D eigenvalue weighted by Crippen LogP contribution is -2.41. The van der Waals surface area contributed by atoms with E-state index in [0.717, 1.165) is 19.7 Å². The van der Waals surface area contributed by atoms with Crippen molar-refractivity contribution in [3.63, 3.8) is 0 Å². The van der Waals surface area contributed by atoms with Crippen LogP contribution in [0.4, 0.5) is 0 Å². The van der Waals surface area contributed by atoms with Crippen molar-refractivity contribution in [1.29, 1.82) is 0 Å². The average Bonchev–Trinajstić information content (AvgIpc) is 2.33. The van der Waals surface area contributed by atoms with Gasteiger partial charge >= 0.3 is 0 Å². The quantitative estimate of drug-likeness (QED) is 0.474. The van der Waals surface area contributed by atoms with Gasteiger partial charge in [0.15, 0.2) is 0 Å². The molecule has 0 aromatic carbocycles. The van der Waals surface area contributed by atoms with Gasteiger partial charge in [-0.2, -0.15) is 0 Å². The first-order chi connectivity index (χ1) is 8.33. The molecule has 3 heteroatoms. The molecule has 0 spiro atoms. The number of hydrogen-bond acceptors (Lipinski definition) is 2. The van der Waals surface area contributed by atoms with Gasteiger partial charge in [-0.3, -0.25) is 4.90 Å². The maximum absolute atomic E-state index is 5.54. The van der Waals surface area contributed by atoms with E-state index in [-0.39, 0.29) is 0 Å². The zero-order valence-corrected chi connectivity index (χ0v) is 12.9. The van der Waals surface area contributed by atoms with Crippen LogP contribution in [0.25, 0.3) is 0 Å². The molecule has 0 saturated carbocycles. The fraction of sp³-hybridized carbons (Fsp3) is 1.00. The molecule has 0 N–H and O–H groups in total. The molecule has 1 saturated heterocycles. The Bertz CT molecular complexity index is 178. The number of nitrogens with zero attached hydrogens (tertiary/aromatic N) is 1. The average molecular weight is 306 g/mol. The van der Waals surface area contributed by atoms with Crippen molar-refractivity contribution in [2.75, 3.05) is 31.6 Å². The van der Waals surface area contributed by atoms with E-state index in [1.807, 2.05) is 0 Å². The smallest absolute Gasteiger partial charge is 0.0674 e. The van der Waals surface area contributed by atoms with Gasteiger partial charge in [0.25, 0.3) is 0 Å². The molecular formula is C14H28BrNO. The van der Waals surface area contributed by atoms with E-state index in [9.17, 15) is 0 Å². The number of rotatable bonds is 9. The summed E-state index contributed by atoms with van der Waals surface area (Å²) in [5.41, 5.74) is 0. The molecule has 1 heterocycles. The van der Waals surface area contributed by atoms with E-state index in [1.54, 1.807) is 0 Å². The summed E-state index contributed by atoms with van der Waals surface area (Å²) in [6, 6.07) is 0. The van der Waals surface area contributed by atoms with Crippen molar-refractivity contribution in [3.05, 3.63) is 0 Å². The minimum absolute atomic E-state index is 0.438. The number of ether oxygens (including phenoxy) is 1. The highest BCUT2D eigenvalue weighted by Crippen LogP contribution is 2.10. The first-order valence-electron chi connectivity index (χ1n) is 7.23. The molecule has 0 aliphatic carbocycles. The normalized spacial score (nSPS) is 21.9. The summed E-state index contributed by atoms with van der Waals surface area (Å²) in [5, 5.41) is 1.17. The van der Waals surface area contributed by atoms with E-state index in [2.05, 4.69) is 27.8 Å². The Hall–Kier alpha value is 0.400. The Morgan fingerprint density at radius 2 is 1.71 bits per heavy atom. The number of halogens is 1. The topological polar surface area (TPSA) is 12.5 Å². The minimum atomic E-state index is 0.438. The monoisotopic (exact) mass is 305 g/mol. The fourth-order valence-electron chi connectivity index (χ4n) is 2.41. The van der Waals surface area contributed by atoms with E-state index in [1.165, 1.54) is 56.8 Å². The van der Waals surface area contributed by atoms with Crippen LogP contribution in [0.3, 0.4) is 0 Å². The van der Waals surface area contributed by atoms with Crippen LogP contribution < -0.4 is 0 Å². The largest absolute Gasteiger partial charge is 0.376 e. The highest BCUT2D eigenvalue weighted by atomic mass is 79.9. The zero-order chi connectivity index (χ0) is 12.3. The lowest BCUT2D eigenvalue weighted by molar-refractivity contribution is -0.0186. The summed E-state index contributed by atoms with van der Waals surface area (Å²) in [7, 11) is 0. The predicted octanol–water partition coefficient (Wildman–Crippen LogP) is 3.83. The minimum Gasteiger partial charge on any atom is -0.376 e. The second-order valence-electron chi connectivity index (χ2n) is 5.15. The Morgan fingerprint density at radius 3 is 2.35 bits per heavy atom. The molecular weight excluding hydrogens is 278 g/mol. The first kappa shape index (κ1) is 15.5. The molecule has 0 aromatic rings. The van der Waals surface area contributed by atoms with Crippen molar-refractivity contribution in [2.45, 2.75) is 58.0 Å². The van der Waals surface area contributed by atoms with Crippen LogP contribution in [-0.2, 0) is 4.74 Å². The van der Waals surface area contributed by atoms with E-state index in [4.69, 9.17) is 4.74 Å². The van der Waals surface area contributed by atoms with Crippen molar-refractivity contribution >= 4 is 15.9 Å². The Kier molecular flexibility index (Phi) is 9.40. The van der Waals surface area contributed by atoms with Crippen LogP contribution in [0, 0.1) is 0 Å². The second kappa shape index (κ2) is 10.3. The molecule has 1 unspecified atom stereocenters. The SMILES string of the molecule is CC1CN(CCCCCCCCCBr)CCO1. The van der Waals surface area contributed by atoms with Gasteiger partial charge < -0.3 is 4.74 Å². The van der Waals surface area contributed by atoms with Crippen LogP contribution in [0.5, 0.6) is 0 Å². The van der Waals surface area contributed by atoms with Crippen molar-refractivity contribution in [3.8, 4) is 0 Å². The molecule has 0 bridgehead atoms. The van der Waals surface area contributed by atoms with E-state index < -0.39 is 0 Å². The van der Waals surface area contributed by atoms with Crippen molar-refractivity contribution < 1.29 is 4.74 Å². The maximum Gasteiger partial charge on any atom is 0.0674 e. The fourth-order valence-corrected chi connectivity index (χ4v) is 2.80. The molecule has 1 aliphatic rings. The number of alkyl halides is 1. The standard InChI is InChI=1S/C14H28BrNO/c1-14-13-16(11-12-17-14)10-8-6-4-2-3-5-7-9-15/h14H,2-13H2,1H3. The third-order valence-corrected chi connectivity index (χ3v) is 3.99. The lowest BCUT2D eigenvalue weighted by Gasteiger charge is -2.30. The Labute approximate surface area is 115 Å². The molecule has 0 amide bonds. The van der Waals surface area contributed by atoms with Gasteiger partial charge in [-0.1, -0.05) is 48.0 Å². The predicted molar refractivity (Wildman–Crippen MR) is 78.0 cm³/mol. The molecule has 1 aliphatic heterocycles. The Morgan fingerprint density at radius 1 is 1.06 bits per heavy atom. The van der Waals surface area contributed by atoms with E-state index in [0.29, 0.717) is 6.10 Å². The number of unbranched alkanes of at least 4 members (excludes halogenated alkanes) is 6. The van der Waals surface area contributed by atoms with E-state index >= 15 is 0 Å². The van der Waals surface area contributed by atoms with Crippen LogP contribution in [-0.4, -0.2) is 42.6 Å². The van der Waals surface area contributed by atoms with Gasteiger partial charge in [-0.15, -0.1) is 0 Å². The highest BCUT2D eigenvalue weighted by molar-refractivity contribution is 9.09. The summed E-state index contributed by atoms with van der Waals surface area (Å²) in [6.45, 7) is 6.64. The summed E-state index contributed by atoms with van der Waals surface area (Å²) in [5.74, 6) is 0. The summed E-state index contributed by atoms with van der Waals surface area (Å²) >= 11 is 3.48. The molecule has 102 valence electrons. The molecule has 1 fully saturated rings. The molecule has 1 rings (SSSR count).